The Kier molecular flexibility index (Phi) is 4.72. The highest BCUT2D eigenvalue weighted by Gasteiger charge is 2.18. The summed E-state index contributed by atoms with van der Waals surface area (Å²) in [6.07, 6.45) is -0.162. The number of hydrogen-bond acceptors (Lipinski definition) is 5. The van der Waals surface area contributed by atoms with Crippen LogP contribution >= 0.6 is 0 Å². The molecule has 0 unspecified atom stereocenters. The topological polar surface area (TPSA) is 122 Å². The summed E-state index contributed by atoms with van der Waals surface area (Å²) >= 11 is 0. The van der Waals surface area contributed by atoms with Crippen LogP contribution in [0.5, 0.6) is 5.75 Å². The number of anilines is 1. The Hall–Kier alpha value is -2.90. The van der Waals surface area contributed by atoms with Crippen LogP contribution in [0.2, 0.25) is 0 Å². The molecule has 0 aromatic heterocycles. The van der Waals surface area contributed by atoms with Gasteiger partial charge in [-0.3, -0.25) is 19.2 Å². The van der Waals surface area contributed by atoms with Gasteiger partial charge in [-0.2, -0.15) is 0 Å². The van der Waals surface area contributed by atoms with Gasteiger partial charge < -0.3 is 20.5 Å². The van der Waals surface area contributed by atoms with Gasteiger partial charge in [-0.1, -0.05) is 0 Å². The molecule has 8 heteroatoms. The molecule has 0 saturated carbocycles. The van der Waals surface area contributed by atoms with E-state index in [0.29, 0.717) is 17.0 Å². The van der Waals surface area contributed by atoms with E-state index in [1.807, 2.05) is 0 Å². The van der Waals surface area contributed by atoms with Crippen molar-refractivity contribution in [3.63, 3.8) is 0 Å². The number of benzene rings is 1. The Bertz CT molecular complexity index is 640. The smallest absolute Gasteiger partial charge is 0.322 e. The molecule has 0 bridgehead atoms. The van der Waals surface area contributed by atoms with Gasteiger partial charge in [0.2, 0.25) is 5.91 Å². The van der Waals surface area contributed by atoms with Crippen LogP contribution in [-0.4, -0.2) is 41.8 Å². The van der Waals surface area contributed by atoms with Crippen molar-refractivity contribution in [1.29, 1.82) is 0 Å². The lowest BCUT2D eigenvalue weighted by atomic mass is 10.0. The third kappa shape index (κ3) is 4.05. The number of rotatable bonds is 6. The van der Waals surface area contributed by atoms with Crippen molar-refractivity contribution < 1.29 is 29.0 Å². The van der Waals surface area contributed by atoms with E-state index in [0.717, 1.165) is 0 Å². The van der Waals surface area contributed by atoms with Gasteiger partial charge in [0.25, 0.3) is 5.91 Å². The first-order valence-electron chi connectivity index (χ1n) is 6.54. The molecule has 1 aromatic rings. The monoisotopic (exact) mass is 306 g/mol. The van der Waals surface area contributed by atoms with E-state index in [2.05, 4.69) is 10.6 Å². The summed E-state index contributed by atoms with van der Waals surface area (Å²) in [6, 6.07) is 4.62. The Balaban J connectivity index is 1.93. The molecule has 1 heterocycles. The number of amides is 2. The van der Waals surface area contributed by atoms with Gasteiger partial charge in [0.15, 0.2) is 12.4 Å². The van der Waals surface area contributed by atoms with Crippen molar-refractivity contribution in [2.24, 2.45) is 0 Å². The minimum atomic E-state index is -1.15. The van der Waals surface area contributed by atoms with E-state index >= 15 is 0 Å². The molecule has 0 saturated heterocycles. The maximum Gasteiger partial charge on any atom is 0.322 e. The molecule has 2 rings (SSSR count). The summed E-state index contributed by atoms with van der Waals surface area (Å²) in [6.45, 7) is -0.542. The molecule has 116 valence electrons. The third-order valence-corrected chi connectivity index (χ3v) is 2.95. The van der Waals surface area contributed by atoms with Crippen LogP contribution in [0.4, 0.5) is 5.69 Å². The summed E-state index contributed by atoms with van der Waals surface area (Å²) in [5, 5.41) is 13.2. The number of ketones is 1. The first kappa shape index (κ1) is 15.5. The molecule has 1 aromatic carbocycles. The van der Waals surface area contributed by atoms with E-state index in [1.165, 1.54) is 6.07 Å². The van der Waals surface area contributed by atoms with Crippen molar-refractivity contribution in [3.05, 3.63) is 23.8 Å². The maximum atomic E-state index is 12.0. The number of fused-ring (bicyclic) bond motifs is 1. The van der Waals surface area contributed by atoms with Gasteiger partial charge in [-0.05, 0) is 18.2 Å². The predicted octanol–water partition coefficient (Wildman–Crippen LogP) is 0.181. The molecule has 0 spiro atoms. The molecule has 0 fully saturated rings. The standard InChI is InChI=1S/C14H14N2O6/c17-10(2-4-12(18)15-6-14(20)21)8-1-3-11-9(5-8)16-13(19)7-22-11/h1,3,5H,2,4,6-7H2,(H,15,18)(H,16,19)(H,20,21). The lowest BCUT2D eigenvalue weighted by Crippen LogP contribution is -2.29. The zero-order valence-electron chi connectivity index (χ0n) is 11.5. The van der Waals surface area contributed by atoms with E-state index in [-0.39, 0.29) is 31.1 Å². The minimum absolute atomic E-state index is 0.0565. The molecule has 22 heavy (non-hydrogen) atoms. The average Bonchev–Trinajstić information content (AvgIpc) is 2.49. The number of carbonyl (C=O) groups is 4. The van der Waals surface area contributed by atoms with E-state index in [9.17, 15) is 19.2 Å². The zero-order chi connectivity index (χ0) is 16.1. The van der Waals surface area contributed by atoms with Gasteiger partial charge in [0.1, 0.15) is 12.3 Å². The number of ether oxygens (including phenoxy) is 1. The van der Waals surface area contributed by atoms with Crippen LogP contribution in [0.15, 0.2) is 18.2 Å². The van der Waals surface area contributed by atoms with Crippen LogP contribution < -0.4 is 15.4 Å². The second-order valence-corrected chi connectivity index (χ2v) is 4.64. The summed E-state index contributed by atoms with van der Waals surface area (Å²) in [5.74, 6) is -1.76. The lowest BCUT2D eigenvalue weighted by Gasteiger charge is -2.18. The molecule has 2 amide bonds. The first-order chi connectivity index (χ1) is 10.5. The molecular formula is C14H14N2O6. The first-order valence-corrected chi connectivity index (χ1v) is 6.54. The summed E-state index contributed by atoms with van der Waals surface area (Å²) in [7, 11) is 0. The van der Waals surface area contributed by atoms with Crippen LogP contribution in [0.1, 0.15) is 23.2 Å². The van der Waals surface area contributed by atoms with Crippen LogP contribution in [0, 0.1) is 0 Å². The van der Waals surface area contributed by atoms with Gasteiger partial charge in [-0.25, -0.2) is 0 Å². The molecule has 0 atom stereocenters. The highest BCUT2D eigenvalue weighted by Crippen LogP contribution is 2.28. The second kappa shape index (κ2) is 6.70. The largest absolute Gasteiger partial charge is 0.482 e. The van der Waals surface area contributed by atoms with E-state index in [4.69, 9.17) is 9.84 Å². The molecule has 3 N–H and O–H groups in total. The maximum absolute atomic E-state index is 12.0. The fraction of sp³-hybridized carbons (Fsp3) is 0.286. The number of carboxylic acids is 1. The van der Waals surface area contributed by atoms with Gasteiger partial charge in [0, 0.05) is 18.4 Å². The second-order valence-electron chi connectivity index (χ2n) is 4.64. The third-order valence-electron chi connectivity index (χ3n) is 2.95. The Morgan fingerprint density at radius 1 is 1.27 bits per heavy atom. The Morgan fingerprint density at radius 2 is 2.05 bits per heavy atom. The van der Waals surface area contributed by atoms with E-state index in [1.54, 1.807) is 12.1 Å². The molecule has 1 aliphatic heterocycles. The predicted molar refractivity (Wildman–Crippen MR) is 74.8 cm³/mol. The van der Waals surface area contributed by atoms with Crippen LogP contribution in [-0.2, 0) is 14.4 Å². The SMILES string of the molecule is O=C(O)CNC(=O)CCC(=O)c1ccc2c(c1)NC(=O)CO2. The van der Waals surface area contributed by atoms with Crippen LogP contribution in [0.25, 0.3) is 0 Å². The van der Waals surface area contributed by atoms with E-state index < -0.39 is 18.4 Å². The molecular weight excluding hydrogens is 292 g/mol. The molecule has 1 aliphatic rings. The number of carbonyl (C=O) groups excluding carboxylic acids is 3. The number of Topliss-reactive ketones (excluding diaryl/α,β-unsaturated/α-hetero) is 1. The fourth-order valence-electron chi connectivity index (χ4n) is 1.89. The number of carboxylic acid groups (broad SMARTS) is 1. The van der Waals surface area contributed by atoms with Crippen LogP contribution in [0.3, 0.4) is 0 Å². The summed E-state index contributed by atoms with van der Waals surface area (Å²) in [5.41, 5.74) is 0.757. The minimum Gasteiger partial charge on any atom is -0.482 e. The Labute approximate surface area is 125 Å². The normalized spacial score (nSPS) is 12.6. The quantitative estimate of drug-likeness (QED) is 0.645. The molecule has 0 radical (unpaired) electrons. The van der Waals surface area contributed by atoms with Crippen molar-refractivity contribution in [2.45, 2.75) is 12.8 Å². The van der Waals surface area contributed by atoms with Gasteiger partial charge in [-0.15, -0.1) is 0 Å². The van der Waals surface area contributed by atoms with Crippen molar-refractivity contribution in [1.82, 2.24) is 5.32 Å². The summed E-state index contributed by atoms with van der Waals surface area (Å²) in [4.78, 5) is 44.9. The summed E-state index contributed by atoms with van der Waals surface area (Å²) < 4.78 is 5.18. The number of hydrogen-bond donors (Lipinski definition) is 3. The lowest BCUT2D eigenvalue weighted by molar-refractivity contribution is -0.137. The number of aliphatic carboxylic acids is 1. The highest BCUT2D eigenvalue weighted by atomic mass is 16.5. The zero-order valence-corrected chi connectivity index (χ0v) is 11.5. The Morgan fingerprint density at radius 3 is 2.77 bits per heavy atom. The highest BCUT2D eigenvalue weighted by molar-refractivity contribution is 6.01. The molecule has 0 aliphatic carbocycles. The van der Waals surface area contributed by atoms with Gasteiger partial charge >= 0.3 is 5.97 Å². The number of nitrogens with one attached hydrogen (secondary N) is 2. The van der Waals surface area contributed by atoms with Crippen molar-refractivity contribution >= 4 is 29.3 Å². The fourth-order valence-corrected chi connectivity index (χ4v) is 1.89. The average molecular weight is 306 g/mol. The van der Waals surface area contributed by atoms with Gasteiger partial charge in [0.05, 0.1) is 5.69 Å². The molecule has 8 nitrogen and oxygen atoms in total. The van der Waals surface area contributed by atoms with Crippen molar-refractivity contribution in [2.75, 3.05) is 18.5 Å². The van der Waals surface area contributed by atoms with Crippen molar-refractivity contribution in [3.8, 4) is 5.75 Å².